The average molecular weight is 647 g/mol. The van der Waals surface area contributed by atoms with Crippen molar-refractivity contribution in [2.75, 3.05) is 19.8 Å². The zero-order valence-electron chi connectivity index (χ0n) is 30.9. The molecule has 0 saturated heterocycles. The van der Waals surface area contributed by atoms with Gasteiger partial charge in [-0.1, -0.05) is 92.4 Å². The van der Waals surface area contributed by atoms with Gasteiger partial charge in [0.25, 0.3) is 0 Å². The highest BCUT2D eigenvalue weighted by Gasteiger charge is 2.43. The first-order chi connectivity index (χ1) is 22.4. The van der Waals surface area contributed by atoms with Crippen LogP contribution >= 0.6 is 0 Å². The Morgan fingerprint density at radius 2 is 0.978 bits per heavy atom. The molecule has 0 heterocycles. The van der Waals surface area contributed by atoms with Crippen LogP contribution in [-0.2, 0) is 23.8 Å². The van der Waals surface area contributed by atoms with Crippen LogP contribution in [0.2, 0.25) is 0 Å². The fourth-order valence-corrected chi connectivity index (χ4v) is 8.84. The van der Waals surface area contributed by atoms with Gasteiger partial charge in [-0.3, -0.25) is 9.59 Å². The fraction of sp³-hybridized carbons (Fsp3) is 0.951. The second-order valence-electron chi connectivity index (χ2n) is 15.5. The van der Waals surface area contributed by atoms with E-state index in [1.807, 2.05) is 0 Å². The van der Waals surface area contributed by atoms with Crippen LogP contribution in [0.1, 0.15) is 176 Å². The van der Waals surface area contributed by atoms with Crippen molar-refractivity contribution in [3.63, 3.8) is 0 Å². The lowest BCUT2D eigenvalue weighted by molar-refractivity contribution is -0.142. The summed E-state index contributed by atoms with van der Waals surface area (Å²) in [5, 5.41) is 0. The maximum absolute atomic E-state index is 14.0. The van der Waals surface area contributed by atoms with Gasteiger partial charge < -0.3 is 14.2 Å². The van der Waals surface area contributed by atoms with E-state index in [-0.39, 0.29) is 47.9 Å². The normalized spacial score (nSPS) is 32.0. The number of Topliss-reactive ketones (excluding diaryl/α,β-unsaturated/α-hetero) is 2. The van der Waals surface area contributed by atoms with E-state index in [9.17, 15) is 9.59 Å². The van der Waals surface area contributed by atoms with Crippen LogP contribution in [0.3, 0.4) is 0 Å². The van der Waals surface area contributed by atoms with Crippen molar-refractivity contribution < 1.29 is 23.8 Å². The van der Waals surface area contributed by atoms with Gasteiger partial charge in [-0.15, -0.1) is 0 Å². The third-order valence-corrected chi connectivity index (χ3v) is 11.8. The fourth-order valence-electron chi connectivity index (χ4n) is 8.84. The summed E-state index contributed by atoms with van der Waals surface area (Å²) in [6.45, 7) is 13.6. The molecule has 3 aliphatic carbocycles. The average Bonchev–Trinajstić information content (AvgIpc) is 3.07. The molecule has 0 aromatic heterocycles. The third kappa shape index (κ3) is 12.9. The Bertz CT molecular complexity index is 828. The van der Waals surface area contributed by atoms with E-state index in [0.717, 1.165) is 96.9 Å². The van der Waals surface area contributed by atoms with Gasteiger partial charge in [0.05, 0.1) is 18.3 Å². The molecule has 268 valence electrons. The van der Waals surface area contributed by atoms with Crippen molar-refractivity contribution in [2.45, 2.75) is 194 Å². The molecule has 0 radical (unpaired) electrons. The molecule has 3 fully saturated rings. The highest BCUT2D eigenvalue weighted by Crippen LogP contribution is 2.43. The Morgan fingerprint density at radius 1 is 0.500 bits per heavy atom. The highest BCUT2D eigenvalue weighted by molar-refractivity contribution is 5.86. The van der Waals surface area contributed by atoms with Crippen LogP contribution in [0.25, 0.3) is 0 Å². The molecule has 0 spiro atoms. The monoisotopic (exact) mass is 647 g/mol. The lowest BCUT2D eigenvalue weighted by Gasteiger charge is -2.41. The lowest BCUT2D eigenvalue weighted by atomic mass is 9.65. The minimum atomic E-state index is 0.0331. The SMILES string of the molecule is CCCCCOC1CC(C(=O)C2CCC(C(=O)C3CCC(OCCCCC)C(OCCCCC)C3)CC2C)CCC1CCCCC. The summed E-state index contributed by atoms with van der Waals surface area (Å²) >= 11 is 0. The summed E-state index contributed by atoms with van der Waals surface area (Å²) in [6.07, 6.45) is 24.3. The molecule has 46 heavy (non-hydrogen) atoms. The number of ketones is 2. The van der Waals surface area contributed by atoms with Crippen LogP contribution in [0.5, 0.6) is 0 Å². The number of rotatable bonds is 23. The topological polar surface area (TPSA) is 61.8 Å². The van der Waals surface area contributed by atoms with Gasteiger partial charge in [0.1, 0.15) is 11.6 Å². The summed E-state index contributed by atoms with van der Waals surface area (Å²) in [7, 11) is 0. The van der Waals surface area contributed by atoms with Crippen molar-refractivity contribution in [1.82, 2.24) is 0 Å². The van der Waals surface area contributed by atoms with Gasteiger partial charge in [0, 0.05) is 43.5 Å². The van der Waals surface area contributed by atoms with Gasteiger partial charge in [0.2, 0.25) is 0 Å². The first-order valence-electron chi connectivity index (χ1n) is 20.3. The molecule has 0 aromatic rings. The number of unbranched alkanes of at least 4 members (excludes halogenated alkanes) is 8. The zero-order valence-corrected chi connectivity index (χ0v) is 30.9. The number of hydrogen-bond acceptors (Lipinski definition) is 5. The van der Waals surface area contributed by atoms with Gasteiger partial charge in [-0.2, -0.15) is 0 Å². The van der Waals surface area contributed by atoms with E-state index in [1.165, 1.54) is 64.2 Å². The summed E-state index contributed by atoms with van der Waals surface area (Å²) < 4.78 is 19.2. The predicted octanol–water partition coefficient (Wildman–Crippen LogP) is 10.7. The summed E-state index contributed by atoms with van der Waals surface area (Å²) in [6, 6.07) is 0. The van der Waals surface area contributed by atoms with E-state index in [4.69, 9.17) is 14.2 Å². The quantitative estimate of drug-likeness (QED) is 0.103. The van der Waals surface area contributed by atoms with Crippen molar-refractivity contribution in [3.05, 3.63) is 0 Å². The lowest BCUT2D eigenvalue weighted by Crippen LogP contribution is -2.43. The van der Waals surface area contributed by atoms with Gasteiger partial charge in [-0.25, -0.2) is 0 Å². The van der Waals surface area contributed by atoms with Crippen molar-refractivity contribution in [2.24, 2.45) is 35.5 Å². The van der Waals surface area contributed by atoms with E-state index in [1.54, 1.807) is 0 Å². The Hall–Kier alpha value is -0.780. The zero-order chi connectivity index (χ0) is 33.1. The van der Waals surface area contributed by atoms with Crippen molar-refractivity contribution in [1.29, 1.82) is 0 Å². The first kappa shape index (κ1) is 39.7. The Balaban J connectivity index is 1.53. The van der Waals surface area contributed by atoms with Gasteiger partial charge in [0.15, 0.2) is 0 Å². The molecule has 9 unspecified atom stereocenters. The molecular weight excluding hydrogens is 572 g/mol. The second kappa shape index (κ2) is 22.8. The molecular formula is C41H74O5. The van der Waals surface area contributed by atoms with Crippen LogP contribution in [0.4, 0.5) is 0 Å². The smallest absolute Gasteiger partial charge is 0.139 e. The second-order valence-corrected chi connectivity index (χ2v) is 15.5. The largest absolute Gasteiger partial charge is 0.378 e. The maximum atomic E-state index is 14.0. The molecule has 5 nitrogen and oxygen atoms in total. The van der Waals surface area contributed by atoms with Gasteiger partial charge in [-0.05, 0) is 95.3 Å². The number of hydrogen-bond donors (Lipinski definition) is 0. The number of ether oxygens (including phenoxy) is 3. The molecule has 0 aromatic carbocycles. The molecule has 0 aliphatic heterocycles. The van der Waals surface area contributed by atoms with Gasteiger partial charge >= 0.3 is 0 Å². The third-order valence-electron chi connectivity index (χ3n) is 11.8. The van der Waals surface area contributed by atoms with E-state index >= 15 is 0 Å². The molecule has 0 N–H and O–H groups in total. The van der Waals surface area contributed by atoms with Crippen LogP contribution in [0, 0.1) is 35.5 Å². The standard InChI is InChI=1S/C41H74O5/c1-6-10-14-18-32-19-20-35(29-38(32)45-26-16-12-8-3)41(43)36-23-21-33(28-31(36)5)40(42)34-22-24-37(44-25-15-11-7-2)39(30-34)46-27-17-13-9-4/h31-39H,6-30H2,1-5H3. The molecule has 0 amide bonds. The Kier molecular flexibility index (Phi) is 19.6. The minimum absolute atomic E-state index is 0.0331. The van der Waals surface area contributed by atoms with Crippen LogP contribution in [-0.4, -0.2) is 49.7 Å². The Labute approximate surface area is 284 Å². The molecule has 9 atom stereocenters. The van der Waals surface area contributed by atoms with E-state index in [0.29, 0.717) is 17.5 Å². The van der Waals surface area contributed by atoms with Crippen LogP contribution in [0.15, 0.2) is 0 Å². The minimum Gasteiger partial charge on any atom is -0.378 e. The number of carbonyl (C=O) groups excluding carboxylic acids is 2. The summed E-state index contributed by atoms with van der Waals surface area (Å²) in [5.74, 6) is 2.22. The molecule has 3 rings (SSSR count). The molecule has 3 saturated carbocycles. The molecule has 0 bridgehead atoms. The first-order valence-corrected chi connectivity index (χ1v) is 20.3. The van der Waals surface area contributed by atoms with Crippen molar-refractivity contribution >= 4 is 11.6 Å². The van der Waals surface area contributed by atoms with Crippen LogP contribution < -0.4 is 0 Å². The van der Waals surface area contributed by atoms with Crippen molar-refractivity contribution in [3.8, 4) is 0 Å². The number of carbonyl (C=O) groups is 2. The predicted molar refractivity (Wildman–Crippen MR) is 190 cm³/mol. The Morgan fingerprint density at radius 3 is 1.59 bits per heavy atom. The molecule has 3 aliphatic rings. The summed E-state index contributed by atoms with van der Waals surface area (Å²) in [5.41, 5.74) is 0. The maximum Gasteiger partial charge on any atom is 0.139 e. The van der Waals surface area contributed by atoms with E-state index in [2.05, 4.69) is 34.6 Å². The summed E-state index contributed by atoms with van der Waals surface area (Å²) in [4.78, 5) is 28.0. The highest BCUT2D eigenvalue weighted by atomic mass is 16.5. The van der Waals surface area contributed by atoms with E-state index < -0.39 is 0 Å². The molecule has 5 heteroatoms.